The molecule has 0 radical (unpaired) electrons. The third kappa shape index (κ3) is 5.27. The Hall–Kier alpha value is -1.16. The molecule has 2 nitrogen and oxygen atoms in total. The molecule has 0 aliphatic rings. The van der Waals surface area contributed by atoms with Gasteiger partial charge in [0.05, 0.1) is 0 Å². The van der Waals surface area contributed by atoms with Gasteiger partial charge in [-0.2, -0.15) is 0 Å². The average Bonchev–Trinajstić information content (AvgIpc) is 2.49. The zero-order valence-electron chi connectivity index (χ0n) is 12.8. The minimum atomic E-state index is 0.966. The van der Waals surface area contributed by atoms with E-state index in [1.54, 1.807) is 0 Å². The van der Waals surface area contributed by atoms with Crippen LogP contribution in [0.25, 0.3) is 0 Å². The number of nitrogens with zero attached hydrogens (tertiary/aromatic N) is 1. The average molecular weight is 347 g/mol. The Morgan fingerprint density at radius 1 is 0.952 bits per heavy atom. The number of likely N-dealkylation sites (N-methyl/N-ethyl adjacent to an activating group) is 1. The molecule has 112 valence electrons. The van der Waals surface area contributed by atoms with E-state index in [2.05, 4.69) is 81.7 Å². The van der Waals surface area contributed by atoms with Crippen LogP contribution in [0.5, 0.6) is 0 Å². The highest BCUT2D eigenvalue weighted by Gasteiger charge is 2.06. The molecule has 0 fully saturated rings. The van der Waals surface area contributed by atoms with Gasteiger partial charge in [0.15, 0.2) is 0 Å². The molecule has 0 spiro atoms. The zero-order valence-corrected chi connectivity index (χ0v) is 14.4. The number of halogens is 1. The fourth-order valence-corrected chi connectivity index (χ4v) is 2.73. The van der Waals surface area contributed by atoms with Crippen molar-refractivity contribution in [1.29, 1.82) is 0 Å². The molecule has 0 aromatic heterocycles. The molecule has 0 saturated carbocycles. The Balaban J connectivity index is 1.98. The second-order valence-corrected chi connectivity index (χ2v) is 6.34. The maximum Gasteiger partial charge on any atom is 0.0236 e. The molecule has 0 aliphatic heterocycles. The summed E-state index contributed by atoms with van der Waals surface area (Å²) in [4.78, 5) is 2.36. The topological polar surface area (TPSA) is 15.3 Å². The van der Waals surface area contributed by atoms with Crippen molar-refractivity contribution < 1.29 is 0 Å². The molecule has 2 rings (SSSR count). The van der Waals surface area contributed by atoms with Crippen LogP contribution in [0.15, 0.2) is 53.0 Å². The monoisotopic (exact) mass is 346 g/mol. The van der Waals surface area contributed by atoms with Crippen molar-refractivity contribution in [2.45, 2.75) is 19.5 Å². The van der Waals surface area contributed by atoms with Crippen LogP contribution in [0.1, 0.15) is 16.7 Å². The molecule has 0 unspecified atom stereocenters. The van der Waals surface area contributed by atoms with Crippen LogP contribution < -0.4 is 5.32 Å². The summed E-state index contributed by atoms with van der Waals surface area (Å²) < 4.78 is 1.13. The van der Waals surface area contributed by atoms with Gasteiger partial charge in [-0.25, -0.2) is 0 Å². The molecule has 0 saturated heterocycles. The number of benzene rings is 2. The molecule has 21 heavy (non-hydrogen) atoms. The van der Waals surface area contributed by atoms with E-state index in [9.17, 15) is 0 Å². The van der Waals surface area contributed by atoms with E-state index < -0.39 is 0 Å². The van der Waals surface area contributed by atoms with Crippen LogP contribution in [0.2, 0.25) is 0 Å². The minimum absolute atomic E-state index is 0.966. The van der Waals surface area contributed by atoms with Gasteiger partial charge in [0.25, 0.3) is 0 Å². The third-order valence-corrected chi connectivity index (χ3v) is 4.10. The second-order valence-electron chi connectivity index (χ2n) is 5.42. The molecular formula is C18H23BrN2. The molecule has 0 amide bonds. The van der Waals surface area contributed by atoms with Crippen LogP contribution in [0, 0.1) is 0 Å². The Bertz CT molecular complexity index is 551. The zero-order chi connectivity index (χ0) is 15.1. The summed E-state index contributed by atoms with van der Waals surface area (Å²) in [7, 11) is 4.18. The minimum Gasteiger partial charge on any atom is -0.319 e. The van der Waals surface area contributed by atoms with E-state index in [0.29, 0.717) is 0 Å². The molecule has 0 atom stereocenters. The molecule has 0 aliphatic carbocycles. The normalized spacial score (nSPS) is 11.0. The van der Waals surface area contributed by atoms with Crippen LogP contribution >= 0.6 is 15.9 Å². The van der Waals surface area contributed by atoms with Crippen molar-refractivity contribution >= 4 is 15.9 Å². The van der Waals surface area contributed by atoms with Gasteiger partial charge in [-0.3, -0.25) is 4.90 Å². The quantitative estimate of drug-likeness (QED) is 0.819. The lowest BCUT2D eigenvalue weighted by Gasteiger charge is -2.19. The summed E-state index contributed by atoms with van der Waals surface area (Å²) in [6.45, 7) is 2.97. The lowest BCUT2D eigenvalue weighted by molar-refractivity contribution is 0.318. The fraction of sp³-hybridized carbons (Fsp3) is 0.333. The summed E-state index contributed by atoms with van der Waals surface area (Å²) in [5, 5.41) is 3.22. The standard InChI is InChI=1S/C18H23BrN2/c1-20-12-11-16-5-3-4-6-17(16)14-21(2)13-15-7-9-18(19)10-8-15/h3-10,20H,11-14H2,1-2H3. The highest BCUT2D eigenvalue weighted by molar-refractivity contribution is 9.10. The first-order valence-electron chi connectivity index (χ1n) is 7.33. The largest absolute Gasteiger partial charge is 0.319 e. The van der Waals surface area contributed by atoms with Gasteiger partial charge in [0.2, 0.25) is 0 Å². The summed E-state index contributed by atoms with van der Waals surface area (Å²) in [6, 6.07) is 17.3. The molecule has 3 heteroatoms. The Labute approximate surface area is 136 Å². The lowest BCUT2D eigenvalue weighted by Crippen LogP contribution is -2.19. The highest BCUT2D eigenvalue weighted by Crippen LogP contribution is 2.15. The van der Waals surface area contributed by atoms with Gasteiger partial charge in [0, 0.05) is 17.6 Å². The predicted molar refractivity (Wildman–Crippen MR) is 93.4 cm³/mol. The van der Waals surface area contributed by atoms with E-state index >= 15 is 0 Å². The highest BCUT2D eigenvalue weighted by atomic mass is 79.9. The molecular weight excluding hydrogens is 324 g/mol. The van der Waals surface area contributed by atoms with Crippen molar-refractivity contribution in [2.24, 2.45) is 0 Å². The summed E-state index contributed by atoms with van der Waals surface area (Å²) >= 11 is 3.48. The van der Waals surface area contributed by atoms with E-state index in [1.807, 2.05) is 7.05 Å². The second kappa shape index (κ2) is 8.32. The first-order valence-corrected chi connectivity index (χ1v) is 8.12. The molecule has 0 bridgehead atoms. The smallest absolute Gasteiger partial charge is 0.0236 e. The van der Waals surface area contributed by atoms with Crippen molar-refractivity contribution in [2.75, 3.05) is 20.6 Å². The van der Waals surface area contributed by atoms with E-state index in [1.165, 1.54) is 16.7 Å². The summed E-state index contributed by atoms with van der Waals surface area (Å²) in [5.41, 5.74) is 4.20. The van der Waals surface area contributed by atoms with Crippen molar-refractivity contribution in [1.82, 2.24) is 10.2 Å². The van der Waals surface area contributed by atoms with Gasteiger partial charge < -0.3 is 5.32 Å². The number of hydrogen-bond donors (Lipinski definition) is 1. The van der Waals surface area contributed by atoms with Gasteiger partial charge in [-0.05, 0) is 55.9 Å². The van der Waals surface area contributed by atoms with E-state index in [0.717, 1.165) is 30.5 Å². The number of rotatable bonds is 7. The maximum absolute atomic E-state index is 3.48. The molecule has 1 N–H and O–H groups in total. The van der Waals surface area contributed by atoms with Crippen LogP contribution in [-0.2, 0) is 19.5 Å². The van der Waals surface area contributed by atoms with Crippen LogP contribution in [0.4, 0.5) is 0 Å². The van der Waals surface area contributed by atoms with Crippen molar-refractivity contribution in [3.8, 4) is 0 Å². The molecule has 2 aromatic carbocycles. The lowest BCUT2D eigenvalue weighted by atomic mass is 10.0. The van der Waals surface area contributed by atoms with Crippen molar-refractivity contribution in [3.05, 3.63) is 69.7 Å². The Morgan fingerprint density at radius 2 is 1.62 bits per heavy atom. The Kier molecular flexibility index (Phi) is 6.43. The number of nitrogens with one attached hydrogen (secondary N) is 1. The Morgan fingerprint density at radius 3 is 2.29 bits per heavy atom. The van der Waals surface area contributed by atoms with Gasteiger partial charge >= 0.3 is 0 Å². The van der Waals surface area contributed by atoms with Crippen molar-refractivity contribution in [3.63, 3.8) is 0 Å². The maximum atomic E-state index is 3.48. The summed E-state index contributed by atoms with van der Waals surface area (Å²) in [6.07, 6.45) is 1.08. The van der Waals surface area contributed by atoms with Gasteiger partial charge in [-0.15, -0.1) is 0 Å². The van der Waals surface area contributed by atoms with Gasteiger partial charge in [-0.1, -0.05) is 52.3 Å². The first-order chi connectivity index (χ1) is 10.2. The molecule has 2 aromatic rings. The van der Waals surface area contributed by atoms with Crippen LogP contribution in [0.3, 0.4) is 0 Å². The third-order valence-electron chi connectivity index (χ3n) is 3.57. The van der Waals surface area contributed by atoms with Gasteiger partial charge in [0.1, 0.15) is 0 Å². The van der Waals surface area contributed by atoms with E-state index in [4.69, 9.17) is 0 Å². The van der Waals surface area contributed by atoms with E-state index in [-0.39, 0.29) is 0 Å². The number of hydrogen-bond acceptors (Lipinski definition) is 2. The predicted octanol–water partition coefficient (Wildman–Crippen LogP) is 3.84. The fourth-order valence-electron chi connectivity index (χ4n) is 2.46. The SMILES string of the molecule is CNCCc1ccccc1CN(C)Cc1ccc(Br)cc1. The summed E-state index contributed by atoms with van der Waals surface area (Å²) in [5.74, 6) is 0. The van der Waals surface area contributed by atoms with Crippen LogP contribution in [-0.4, -0.2) is 25.5 Å². The molecule has 0 heterocycles. The first kappa shape index (κ1) is 16.2.